The van der Waals surface area contributed by atoms with Gasteiger partial charge in [-0.1, -0.05) is 30.3 Å². The van der Waals surface area contributed by atoms with E-state index in [4.69, 9.17) is 4.74 Å². The van der Waals surface area contributed by atoms with Gasteiger partial charge in [-0.2, -0.15) is 13.2 Å². The van der Waals surface area contributed by atoms with Gasteiger partial charge in [0.2, 0.25) is 11.8 Å². The zero-order valence-electron chi connectivity index (χ0n) is 28.8. The molecule has 2 aromatic carbocycles. The standard InChI is InChI=1S/C38H42F4N6O5/c39-28-6-3-7-29(17-28)47-12-10-26(20-47)19-46-13-14-48(32(22-46)37(52)44-24-38(40,41)42)21-30(49)16-27(15-25-5-4-11-43-18-25)36(51)45-35-31-8-1-2-9-34(31)53-23-33(35)50/h1-12,17-18,20,27,30,32-33,35,49-50H,13-16,19,21-24H2,(H,44,52)(H,45,51)/t27-,30+,32+,33?,35+/m1/s1. The third kappa shape index (κ3) is 10.2. The molecule has 0 aliphatic carbocycles. The number of β-amino-alcohol motifs (C(OH)–C–C–N with tert-alkyl or cyclic N) is 1. The summed E-state index contributed by atoms with van der Waals surface area (Å²) in [6.07, 6.45) is 0.259. The molecule has 2 aromatic heterocycles. The minimum absolute atomic E-state index is 0.0134. The molecule has 0 spiro atoms. The van der Waals surface area contributed by atoms with E-state index in [2.05, 4.69) is 10.3 Å². The maximum Gasteiger partial charge on any atom is 0.405 e. The highest BCUT2D eigenvalue weighted by Gasteiger charge is 2.37. The first-order valence-corrected chi connectivity index (χ1v) is 17.4. The number of aliphatic hydroxyl groups excluding tert-OH is 2. The summed E-state index contributed by atoms with van der Waals surface area (Å²) in [4.78, 5) is 34.9. The first-order valence-electron chi connectivity index (χ1n) is 17.4. The van der Waals surface area contributed by atoms with Crippen LogP contribution >= 0.6 is 0 Å². The van der Waals surface area contributed by atoms with Crippen LogP contribution in [-0.4, -0.2) is 105 Å². The number of hydrogen-bond acceptors (Lipinski definition) is 8. The molecule has 6 rings (SSSR count). The van der Waals surface area contributed by atoms with Crippen molar-refractivity contribution in [2.45, 2.75) is 49.9 Å². The van der Waals surface area contributed by atoms with Crippen LogP contribution in [0, 0.1) is 11.7 Å². The molecular formula is C38H42F4N6O5. The van der Waals surface area contributed by atoms with E-state index in [0.717, 1.165) is 11.1 Å². The lowest BCUT2D eigenvalue weighted by Crippen LogP contribution is -2.60. The summed E-state index contributed by atoms with van der Waals surface area (Å²) in [5.74, 6) is -1.85. The monoisotopic (exact) mass is 738 g/mol. The topological polar surface area (TPSA) is 132 Å². The van der Waals surface area contributed by atoms with Crippen molar-refractivity contribution in [3.63, 3.8) is 0 Å². The van der Waals surface area contributed by atoms with Gasteiger partial charge in [-0.25, -0.2) is 4.39 Å². The Morgan fingerprint density at radius 3 is 2.64 bits per heavy atom. The predicted molar refractivity (Wildman–Crippen MR) is 186 cm³/mol. The second-order valence-electron chi connectivity index (χ2n) is 13.5. The third-order valence-electron chi connectivity index (χ3n) is 9.53. The average Bonchev–Trinajstić information content (AvgIpc) is 3.61. The van der Waals surface area contributed by atoms with Crippen LogP contribution < -0.4 is 15.4 Å². The third-order valence-corrected chi connectivity index (χ3v) is 9.53. The number of aromatic nitrogens is 2. The molecule has 0 saturated carbocycles. The van der Waals surface area contributed by atoms with Crippen molar-refractivity contribution in [2.75, 3.05) is 39.3 Å². The molecule has 282 valence electrons. The van der Waals surface area contributed by atoms with Crippen LogP contribution in [0.5, 0.6) is 5.75 Å². The highest BCUT2D eigenvalue weighted by molar-refractivity contribution is 5.82. The minimum Gasteiger partial charge on any atom is -0.490 e. The molecule has 1 saturated heterocycles. The Morgan fingerprint density at radius 1 is 1.04 bits per heavy atom. The van der Waals surface area contributed by atoms with E-state index in [1.165, 1.54) is 12.1 Å². The lowest BCUT2D eigenvalue weighted by Gasteiger charge is -2.41. The Kier molecular flexibility index (Phi) is 12.1. The first kappa shape index (κ1) is 37.9. The number of fused-ring (bicyclic) bond motifs is 1. The van der Waals surface area contributed by atoms with Gasteiger partial charge in [0.1, 0.15) is 36.9 Å². The summed E-state index contributed by atoms with van der Waals surface area (Å²) in [6, 6.07) is 16.8. The van der Waals surface area contributed by atoms with Gasteiger partial charge in [-0.05, 0) is 60.4 Å². The number of benzene rings is 2. The highest BCUT2D eigenvalue weighted by Crippen LogP contribution is 2.32. The summed E-state index contributed by atoms with van der Waals surface area (Å²) >= 11 is 0. The molecule has 4 N–H and O–H groups in total. The van der Waals surface area contributed by atoms with Crippen molar-refractivity contribution in [3.8, 4) is 11.4 Å². The van der Waals surface area contributed by atoms with Gasteiger partial charge in [-0.3, -0.25) is 24.4 Å². The number of piperazine rings is 1. The summed E-state index contributed by atoms with van der Waals surface area (Å²) in [5.41, 5.74) is 2.86. The molecule has 0 bridgehead atoms. The minimum atomic E-state index is -4.61. The molecule has 4 aromatic rings. The average molecular weight is 739 g/mol. The summed E-state index contributed by atoms with van der Waals surface area (Å²) in [7, 11) is 0. The molecule has 11 nitrogen and oxygen atoms in total. The molecule has 2 amide bonds. The lowest BCUT2D eigenvalue weighted by atomic mass is 9.91. The normalized spacial score (nSPS) is 20.5. The predicted octanol–water partition coefficient (Wildman–Crippen LogP) is 3.40. The number of carbonyl (C=O) groups is 2. The number of pyridine rings is 1. The summed E-state index contributed by atoms with van der Waals surface area (Å²) in [6.45, 7) is -0.409. The van der Waals surface area contributed by atoms with E-state index in [0.29, 0.717) is 30.1 Å². The zero-order valence-corrected chi connectivity index (χ0v) is 28.8. The van der Waals surface area contributed by atoms with Gasteiger partial charge < -0.3 is 30.2 Å². The lowest BCUT2D eigenvalue weighted by molar-refractivity contribution is -0.143. The molecule has 1 fully saturated rings. The Morgan fingerprint density at radius 2 is 1.87 bits per heavy atom. The van der Waals surface area contributed by atoms with E-state index in [1.807, 2.05) is 28.5 Å². The van der Waals surface area contributed by atoms with Crippen LogP contribution in [0.4, 0.5) is 17.6 Å². The molecule has 0 radical (unpaired) electrons. The number of aliphatic hydroxyl groups is 2. The molecule has 15 heteroatoms. The number of para-hydroxylation sites is 1. The van der Waals surface area contributed by atoms with Crippen molar-refractivity contribution in [3.05, 3.63) is 114 Å². The van der Waals surface area contributed by atoms with E-state index >= 15 is 0 Å². The Hall–Kier alpha value is -4.83. The highest BCUT2D eigenvalue weighted by atomic mass is 19.4. The van der Waals surface area contributed by atoms with Gasteiger partial charge in [0.15, 0.2) is 0 Å². The Bertz CT molecular complexity index is 1840. The van der Waals surface area contributed by atoms with Crippen LogP contribution in [0.1, 0.15) is 29.2 Å². The fraction of sp³-hybridized carbons (Fsp3) is 0.395. The molecule has 1 unspecified atom stereocenters. The Balaban J connectivity index is 1.15. The smallest absolute Gasteiger partial charge is 0.405 e. The van der Waals surface area contributed by atoms with Crippen LogP contribution in [0.3, 0.4) is 0 Å². The maximum absolute atomic E-state index is 13.9. The molecular weight excluding hydrogens is 696 g/mol. The Labute approximate surface area is 304 Å². The number of amides is 2. The zero-order chi connectivity index (χ0) is 37.5. The maximum atomic E-state index is 13.9. The quantitative estimate of drug-likeness (QED) is 0.154. The fourth-order valence-corrected chi connectivity index (χ4v) is 6.94. The number of rotatable bonds is 13. The molecule has 53 heavy (non-hydrogen) atoms. The van der Waals surface area contributed by atoms with Crippen molar-refractivity contribution in [1.29, 1.82) is 0 Å². The fourth-order valence-electron chi connectivity index (χ4n) is 6.94. The number of hydrogen-bond donors (Lipinski definition) is 4. The summed E-state index contributed by atoms with van der Waals surface area (Å²) in [5, 5.41) is 27.1. The van der Waals surface area contributed by atoms with Crippen molar-refractivity contribution in [1.82, 2.24) is 30.0 Å². The molecule has 4 heterocycles. The second-order valence-corrected chi connectivity index (χ2v) is 13.5. The second kappa shape index (κ2) is 16.9. The van der Waals surface area contributed by atoms with Crippen molar-refractivity contribution in [2.24, 2.45) is 5.92 Å². The molecule has 2 aliphatic rings. The molecule has 2 aliphatic heterocycles. The van der Waals surface area contributed by atoms with E-state index in [9.17, 15) is 37.4 Å². The van der Waals surface area contributed by atoms with Gasteiger partial charge in [0, 0.05) is 74.7 Å². The van der Waals surface area contributed by atoms with Crippen molar-refractivity contribution >= 4 is 11.8 Å². The van der Waals surface area contributed by atoms with E-state index in [1.54, 1.807) is 70.5 Å². The number of ether oxygens (including phenoxy) is 1. The van der Waals surface area contributed by atoms with Crippen LogP contribution in [0.25, 0.3) is 5.69 Å². The van der Waals surface area contributed by atoms with Crippen LogP contribution in [0.15, 0.2) is 91.5 Å². The number of halogens is 4. The SMILES string of the molecule is O=C(N[C@H]1c2ccccc2OCC1O)[C@H](Cc1cccnc1)C[C@H](O)CN1CCN(Cc2ccn(-c3cccc(F)c3)c2)C[C@H]1C(=O)NCC(F)(F)F. The van der Waals surface area contributed by atoms with Gasteiger partial charge >= 0.3 is 6.18 Å². The van der Waals surface area contributed by atoms with E-state index < -0.39 is 54.7 Å². The molecule has 5 atom stereocenters. The summed E-state index contributed by atoms with van der Waals surface area (Å²) < 4.78 is 60.5. The number of nitrogens with one attached hydrogen (secondary N) is 2. The van der Waals surface area contributed by atoms with Gasteiger partial charge in [-0.15, -0.1) is 0 Å². The largest absolute Gasteiger partial charge is 0.490 e. The first-order chi connectivity index (χ1) is 25.4. The van der Waals surface area contributed by atoms with Crippen molar-refractivity contribution < 1.29 is 42.1 Å². The number of alkyl halides is 3. The van der Waals surface area contributed by atoms with Crippen LogP contribution in [0.2, 0.25) is 0 Å². The van der Waals surface area contributed by atoms with Crippen LogP contribution in [-0.2, 0) is 22.6 Å². The van der Waals surface area contributed by atoms with E-state index in [-0.39, 0.29) is 44.9 Å². The van der Waals surface area contributed by atoms with Gasteiger partial charge in [0.05, 0.1) is 12.1 Å². The van der Waals surface area contributed by atoms with Gasteiger partial charge in [0.25, 0.3) is 0 Å². The number of nitrogens with zero attached hydrogens (tertiary/aromatic N) is 4. The number of carbonyl (C=O) groups excluding carboxylic acids is 2.